The number of ether oxygens (including phenoxy) is 1. The van der Waals surface area contributed by atoms with Gasteiger partial charge in [0.15, 0.2) is 11.6 Å². The Morgan fingerprint density at radius 2 is 1.92 bits per heavy atom. The molecule has 3 N–H and O–H groups in total. The average molecular weight is 328 g/mol. The van der Waals surface area contributed by atoms with Gasteiger partial charge in [-0.05, 0) is 53.8 Å². The molecule has 0 unspecified atom stereocenters. The molecule has 3 aromatic rings. The van der Waals surface area contributed by atoms with Gasteiger partial charge in [-0.25, -0.2) is 8.78 Å². The third-order valence-electron chi connectivity index (χ3n) is 5.04. The van der Waals surface area contributed by atoms with E-state index >= 15 is 0 Å². The molecule has 2 aromatic carbocycles. The van der Waals surface area contributed by atoms with E-state index in [2.05, 4.69) is 4.98 Å². The summed E-state index contributed by atoms with van der Waals surface area (Å²) >= 11 is 0. The van der Waals surface area contributed by atoms with E-state index in [1.807, 2.05) is 24.4 Å². The van der Waals surface area contributed by atoms with E-state index in [9.17, 15) is 8.78 Å². The smallest absolute Gasteiger partial charge is 0.160 e. The number of fused-ring (bicyclic) bond motifs is 2. The zero-order valence-corrected chi connectivity index (χ0v) is 13.3. The summed E-state index contributed by atoms with van der Waals surface area (Å²) in [5.41, 5.74) is 9.90. The summed E-state index contributed by atoms with van der Waals surface area (Å²) in [6.45, 7) is 0.544. The monoisotopic (exact) mass is 328 g/mol. The Hall–Kier alpha value is -2.40. The highest BCUT2D eigenvalue weighted by Crippen LogP contribution is 2.47. The van der Waals surface area contributed by atoms with Gasteiger partial charge in [0.1, 0.15) is 5.75 Å². The van der Waals surface area contributed by atoms with Gasteiger partial charge in [-0.2, -0.15) is 0 Å². The van der Waals surface area contributed by atoms with Crippen molar-refractivity contribution in [2.45, 2.75) is 18.3 Å². The Balaban J connectivity index is 1.86. The van der Waals surface area contributed by atoms with Crippen molar-refractivity contribution in [3.63, 3.8) is 0 Å². The lowest BCUT2D eigenvalue weighted by atomic mass is 9.92. The van der Waals surface area contributed by atoms with Crippen LogP contribution in [-0.2, 0) is 0 Å². The van der Waals surface area contributed by atoms with Crippen LogP contribution in [0.3, 0.4) is 0 Å². The van der Waals surface area contributed by atoms with E-state index in [-0.39, 0.29) is 11.8 Å². The van der Waals surface area contributed by atoms with Crippen molar-refractivity contribution < 1.29 is 13.5 Å². The Morgan fingerprint density at radius 3 is 2.67 bits per heavy atom. The molecule has 1 aromatic heterocycles. The molecule has 5 heteroatoms. The zero-order valence-electron chi connectivity index (χ0n) is 13.3. The summed E-state index contributed by atoms with van der Waals surface area (Å²) < 4.78 is 32.5. The van der Waals surface area contributed by atoms with Crippen LogP contribution in [0.1, 0.15) is 34.9 Å². The van der Waals surface area contributed by atoms with Crippen LogP contribution in [-0.4, -0.2) is 18.6 Å². The Bertz CT molecular complexity index is 919. The van der Waals surface area contributed by atoms with Crippen molar-refractivity contribution in [3.05, 3.63) is 64.9 Å². The molecule has 124 valence electrons. The minimum Gasteiger partial charge on any atom is -0.497 e. The fraction of sp³-hybridized carbons (Fsp3) is 0.263. The van der Waals surface area contributed by atoms with Crippen molar-refractivity contribution in [1.82, 2.24) is 4.98 Å². The van der Waals surface area contributed by atoms with Crippen molar-refractivity contribution in [2.75, 3.05) is 13.7 Å². The first kappa shape index (κ1) is 15.1. The van der Waals surface area contributed by atoms with Crippen LogP contribution < -0.4 is 10.5 Å². The average Bonchev–Trinajstić information content (AvgIpc) is 3.15. The molecule has 0 bridgehead atoms. The number of halogens is 2. The fourth-order valence-electron chi connectivity index (χ4n) is 3.83. The summed E-state index contributed by atoms with van der Waals surface area (Å²) in [6.07, 6.45) is 2.70. The number of hydrogen-bond acceptors (Lipinski definition) is 2. The first-order chi connectivity index (χ1) is 11.6. The highest BCUT2D eigenvalue weighted by Gasteiger charge is 2.33. The number of methoxy groups -OCH3 is 1. The topological polar surface area (TPSA) is 51.0 Å². The largest absolute Gasteiger partial charge is 0.497 e. The predicted octanol–water partition coefficient (Wildman–Crippen LogP) is 4.03. The van der Waals surface area contributed by atoms with Gasteiger partial charge in [-0.1, -0.05) is 6.07 Å². The van der Waals surface area contributed by atoms with Crippen LogP contribution in [0.25, 0.3) is 10.9 Å². The molecule has 0 saturated heterocycles. The number of aromatic amines is 1. The van der Waals surface area contributed by atoms with Crippen LogP contribution in [0.4, 0.5) is 8.78 Å². The fourth-order valence-corrected chi connectivity index (χ4v) is 3.83. The second kappa shape index (κ2) is 5.60. The summed E-state index contributed by atoms with van der Waals surface area (Å²) in [5, 5.41) is 0.721. The Labute approximate surface area is 138 Å². The lowest BCUT2D eigenvalue weighted by Gasteiger charge is -2.11. The molecule has 0 radical (unpaired) electrons. The van der Waals surface area contributed by atoms with Crippen LogP contribution in [0.5, 0.6) is 5.75 Å². The van der Waals surface area contributed by atoms with Gasteiger partial charge >= 0.3 is 0 Å². The van der Waals surface area contributed by atoms with Crippen molar-refractivity contribution in [3.8, 4) is 5.75 Å². The SMILES string of the molecule is COc1ccc2c(c1)[C@@H](CN)C[C@H]2c1c[nH]c2cc(F)c(F)cc12. The summed E-state index contributed by atoms with van der Waals surface area (Å²) in [6, 6.07) is 8.49. The second-order valence-electron chi connectivity index (χ2n) is 6.27. The molecule has 3 nitrogen and oxygen atoms in total. The Kier molecular flexibility index (Phi) is 3.53. The number of rotatable bonds is 3. The highest BCUT2D eigenvalue weighted by molar-refractivity contribution is 5.84. The maximum Gasteiger partial charge on any atom is 0.160 e. The second-order valence-corrected chi connectivity index (χ2v) is 6.27. The van der Waals surface area contributed by atoms with Gasteiger partial charge in [0.2, 0.25) is 0 Å². The number of hydrogen-bond donors (Lipinski definition) is 2. The Morgan fingerprint density at radius 1 is 1.12 bits per heavy atom. The molecule has 2 atom stereocenters. The molecule has 0 spiro atoms. The molecule has 1 aliphatic carbocycles. The maximum atomic E-state index is 13.7. The normalized spacial score (nSPS) is 19.7. The lowest BCUT2D eigenvalue weighted by Crippen LogP contribution is -2.09. The van der Waals surface area contributed by atoms with Crippen LogP contribution >= 0.6 is 0 Å². The van der Waals surface area contributed by atoms with Gasteiger partial charge in [0.05, 0.1) is 7.11 Å². The third-order valence-corrected chi connectivity index (χ3v) is 5.04. The summed E-state index contributed by atoms with van der Waals surface area (Å²) in [7, 11) is 1.64. The highest BCUT2D eigenvalue weighted by atomic mass is 19.2. The number of nitrogens with one attached hydrogen (secondary N) is 1. The number of H-pyrrole nitrogens is 1. The zero-order chi connectivity index (χ0) is 16.8. The van der Waals surface area contributed by atoms with E-state index < -0.39 is 11.6 Å². The molecular formula is C19H18F2N2O. The van der Waals surface area contributed by atoms with Crippen LogP contribution in [0.2, 0.25) is 0 Å². The first-order valence-electron chi connectivity index (χ1n) is 7.96. The standard InChI is InChI=1S/C19H18F2N2O/c1-24-11-2-3-12-13(5-11)10(8-22)4-14(12)16-9-23-19-7-18(21)17(20)6-15(16)19/h2-3,5-7,9-10,14,23H,4,8,22H2,1H3/t10-,14-/m1/s1. The molecule has 0 aliphatic heterocycles. The molecule has 1 heterocycles. The van der Waals surface area contributed by atoms with E-state index in [1.54, 1.807) is 7.11 Å². The van der Waals surface area contributed by atoms with Crippen LogP contribution in [0, 0.1) is 11.6 Å². The van der Waals surface area contributed by atoms with E-state index in [0.29, 0.717) is 12.1 Å². The summed E-state index contributed by atoms with van der Waals surface area (Å²) in [4.78, 5) is 3.06. The first-order valence-corrected chi connectivity index (χ1v) is 7.96. The molecule has 0 fully saturated rings. The molecule has 4 rings (SSSR count). The van der Waals surface area contributed by atoms with Gasteiger partial charge in [-0.3, -0.25) is 0 Å². The predicted molar refractivity (Wildman–Crippen MR) is 89.5 cm³/mol. The summed E-state index contributed by atoms with van der Waals surface area (Å²) in [5.74, 6) is -0.521. The minimum atomic E-state index is -0.840. The molecule has 0 saturated carbocycles. The number of aromatic nitrogens is 1. The van der Waals surface area contributed by atoms with Crippen molar-refractivity contribution >= 4 is 10.9 Å². The van der Waals surface area contributed by atoms with E-state index in [0.717, 1.165) is 23.1 Å². The molecule has 1 aliphatic rings. The van der Waals surface area contributed by atoms with E-state index in [4.69, 9.17) is 10.5 Å². The van der Waals surface area contributed by atoms with Gasteiger partial charge in [0, 0.05) is 29.1 Å². The van der Waals surface area contributed by atoms with E-state index in [1.165, 1.54) is 23.3 Å². The molecular weight excluding hydrogens is 310 g/mol. The molecule has 0 amide bonds. The van der Waals surface area contributed by atoms with Crippen molar-refractivity contribution in [1.29, 1.82) is 0 Å². The quantitative estimate of drug-likeness (QED) is 0.762. The molecule has 24 heavy (non-hydrogen) atoms. The van der Waals surface area contributed by atoms with Crippen LogP contribution in [0.15, 0.2) is 36.5 Å². The van der Waals surface area contributed by atoms with Crippen molar-refractivity contribution in [2.24, 2.45) is 5.73 Å². The van der Waals surface area contributed by atoms with Gasteiger partial charge < -0.3 is 15.5 Å². The third kappa shape index (κ3) is 2.19. The lowest BCUT2D eigenvalue weighted by molar-refractivity contribution is 0.414. The number of nitrogens with two attached hydrogens (primary N) is 1. The van der Waals surface area contributed by atoms with Gasteiger partial charge in [-0.15, -0.1) is 0 Å². The van der Waals surface area contributed by atoms with Gasteiger partial charge in [0.25, 0.3) is 0 Å². The minimum absolute atomic E-state index is 0.109. The number of benzene rings is 2. The maximum absolute atomic E-state index is 13.7.